The van der Waals surface area contributed by atoms with Crippen molar-refractivity contribution in [3.05, 3.63) is 0 Å². The van der Waals surface area contributed by atoms with Gasteiger partial charge in [-0.1, -0.05) is 63.7 Å². The third-order valence-electron chi connectivity index (χ3n) is 2.42. The Hall–Kier alpha value is 1.92. The van der Waals surface area contributed by atoms with Gasteiger partial charge in [0.25, 0.3) is 0 Å². The fraction of sp³-hybridized carbons (Fsp3) is 1.00. The van der Waals surface area contributed by atoms with E-state index < -0.39 is 0 Å². The highest BCUT2D eigenvalue weighted by Crippen LogP contribution is 2.45. The molecule has 12 heavy (non-hydrogen) atoms. The molecule has 0 bridgehead atoms. The van der Waals surface area contributed by atoms with Gasteiger partial charge in [-0.15, -0.1) is 0 Å². The predicted molar refractivity (Wildman–Crippen MR) is 69.1 cm³/mol. The molecule has 0 N–H and O–H groups in total. The van der Waals surface area contributed by atoms with Crippen LogP contribution in [0.1, 0.15) is 25.7 Å². The van der Waals surface area contributed by atoms with Crippen molar-refractivity contribution in [2.24, 2.45) is 5.92 Å². The lowest BCUT2D eigenvalue weighted by Crippen LogP contribution is -2.27. The average molecular weight is 428 g/mol. The van der Waals surface area contributed by atoms with Gasteiger partial charge in [0.15, 0.2) is 0 Å². The van der Waals surface area contributed by atoms with Crippen molar-refractivity contribution in [2.45, 2.75) is 33.7 Å². The van der Waals surface area contributed by atoms with Crippen LogP contribution in [0.2, 0.25) is 0 Å². The Bertz CT molecular complexity index is 136. The Morgan fingerprint density at radius 2 is 1.75 bits per heavy atom. The molecule has 0 spiro atoms. The lowest BCUT2D eigenvalue weighted by molar-refractivity contribution is 0.361. The molecule has 0 saturated heterocycles. The summed E-state index contributed by atoms with van der Waals surface area (Å²) in [7, 11) is 0. The standard InChI is InChI=1S/C8H12Br4/c9-5-7(10)6-1-3-8(11,12)4-2-6/h6-7H,1-5H2. The molecule has 1 fully saturated rings. The van der Waals surface area contributed by atoms with Crippen LogP contribution in [0.5, 0.6) is 0 Å². The Labute approximate surface area is 108 Å². The van der Waals surface area contributed by atoms with Gasteiger partial charge in [0.2, 0.25) is 0 Å². The number of halogens is 4. The molecular formula is C8H12Br4. The minimum absolute atomic E-state index is 0.232. The second-order valence-electron chi connectivity index (χ2n) is 3.36. The molecule has 1 atom stereocenters. The van der Waals surface area contributed by atoms with E-state index in [1.807, 2.05) is 0 Å². The van der Waals surface area contributed by atoms with E-state index in [-0.39, 0.29) is 3.23 Å². The molecule has 0 nitrogen and oxygen atoms in total. The summed E-state index contributed by atoms with van der Waals surface area (Å²) in [5.74, 6) is 0.840. The van der Waals surface area contributed by atoms with Crippen LogP contribution in [0.15, 0.2) is 0 Å². The van der Waals surface area contributed by atoms with Gasteiger partial charge in [-0.2, -0.15) is 0 Å². The number of hydrogen-bond acceptors (Lipinski definition) is 0. The summed E-state index contributed by atoms with van der Waals surface area (Å²) in [4.78, 5) is 0.647. The summed E-state index contributed by atoms with van der Waals surface area (Å²) in [6.45, 7) is 0. The molecule has 4 heteroatoms. The van der Waals surface area contributed by atoms with Crippen LogP contribution in [0.25, 0.3) is 0 Å². The third kappa shape index (κ3) is 3.58. The Morgan fingerprint density at radius 3 is 2.17 bits per heavy atom. The SMILES string of the molecule is BrCC(Br)C1CCC(Br)(Br)CC1. The number of alkyl halides is 4. The molecule has 0 amide bonds. The molecule has 0 radical (unpaired) electrons. The van der Waals surface area contributed by atoms with Crippen molar-refractivity contribution in [1.29, 1.82) is 0 Å². The minimum atomic E-state index is 0.232. The van der Waals surface area contributed by atoms with Crippen molar-refractivity contribution in [3.63, 3.8) is 0 Å². The second-order valence-corrected chi connectivity index (χ2v) is 9.29. The number of rotatable bonds is 2. The maximum Gasteiger partial charge on any atom is 0.0805 e. The van der Waals surface area contributed by atoms with Gasteiger partial charge in [-0.3, -0.25) is 0 Å². The van der Waals surface area contributed by atoms with Crippen LogP contribution in [0, 0.1) is 5.92 Å². The topological polar surface area (TPSA) is 0 Å². The molecule has 72 valence electrons. The van der Waals surface area contributed by atoms with Crippen molar-refractivity contribution in [3.8, 4) is 0 Å². The highest BCUT2D eigenvalue weighted by Gasteiger charge is 2.32. The van der Waals surface area contributed by atoms with E-state index in [9.17, 15) is 0 Å². The monoisotopic (exact) mass is 424 g/mol. The van der Waals surface area contributed by atoms with E-state index in [4.69, 9.17) is 0 Å². The fourth-order valence-corrected chi connectivity index (χ4v) is 3.52. The van der Waals surface area contributed by atoms with Gasteiger partial charge in [0.05, 0.1) is 3.23 Å². The molecule has 0 heterocycles. The zero-order valence-electron chi connectivity index (χ0n) is 6.70. The third-order valence-corrected chi connectivity index (χ3v) is 6.64. The van der Waals surface area contributed by atoms with E-state index in [2.05, 4.69) is 63.7 Å². The molecule has 0 aromatic rings. The van der Waals surface area contributed by atoms with Crippen LogP contribution in [0.3, 0.4) is 0 Å². The molecule has 1 aliphatic carbocycles. The molecule has 1 saturated carbocycles. The van der Waals surface area contributed by atoms with E-state index in [1.54, 1.807) is 0 Å². The molecule has 0 aromatic carbocycles. The molecule has 1 rings (SSSR count). The van der Waals surface area contributed by atoms with E-state index in [1.165, 1.54) is 25.7 Å². The van der Waals surface area contributed by atoms with Crippen LogP contribution in [-0.2, 0) is 0 Å². The maximum absolute atomic E-state index is 3.70. The van der Waals surface area contributed by atoms with E-state index >= 15 is 0 Å². The van der Waals surface area contributed by atoms with Gasteiger partial charge >= 0.3 is 0 Å². The van der Waals surface area contributed by atoms with Gasteiger partial charge in [-0.25, -0.2) is 0 Å². The first-order valence-corrected chi connectivity index (χ1v) is 7.75. The van der Waals surface area contributed by atoms with Crippen LogP contribution in [-0.4, -0.2) is 13.4 Å². The van der Waals surface area contributed by atoms with Crippen molar-refractivity contribution >= 4 is 63.7 Å². The molecule has 0 aliphatic heterocycles. The van der Waals surface area contributed by atoms with Crippen LogP contribution >= 0.6 is 63.7 Å². The van der Waals surface area contributed by atoms with Crippen molar-refractivity contribution in [1.82, 2.24) is 0 Å². The first kappa shape index (κ1) is 12.0. The van der Waals surface area contributed by atoms with Crippen molar-refractivity contribution < 1.29 is 0 Å². The first-order chi connectivity index (χ1) is 5.55. The summed E-state index contributed by atoms with van der Waals surface area (Å²) >= 11 is 14.6. The summed E-state index contributed by atoms with van der Waals surface area (Å²) in [6, 6.07) is 0. The van der Waals surface area contributed by atoms with Gasteiger partial charge < -0.3 is 0 Å². The molecule has 1 unspecified atom stereocenters. The summed E-state index contributed by atoms with van der Waals surface area (Å²) in [5, 5.41) is 1.06. The first-order valence-electron chi connectivity index (χ1n) is 4.13. The average Bonchev–Trinajstić information content (AvgIpc) is 2.03. The highest BCUT2D eigenvalue weighted by atomic mass is 79.9. The van der Waals surface area contributed by atoms with Crippen molar-refractivity contribution in [2.75, 3.05) is 5.33 Å². The zero-order valence-corrected chi connectivity index (χ0v) is 13.0. The second kappa shape index (κ2) is 5.13. The fourth-order valence-electron chi connectivity index (χ4n) is 1.55. The van der Waals surface area contributed by atoms with Gasteiger partial charge in [0.1, 0.15) is 0 Å². The van der Waals surface area contributed by atoms with E-state index in [0.717, 1.165) is 11.2 Å². The largest absolute Gasteiger partial charge is 0.0916 e. The van der Waals surface area contributed by atoms with Crippen LogP contribution in [0.4, 0.5) is 0 Å². The lowest BCUT2D eigenvalue weighted by atomic mass is 9.87. The smallest absolute Gasteiger partial charge is 0.0805 e. The normalized spacial score (nSPS) is 27.0. The zero-order chi connectivity index (χ0) is 9.19. The Kier molecular flexibility index (Phi) is 5.12. The molecule has 0 aromatic heterocycles. The van der Waals surface area contributed by atoms with Gasteiger partial charge in [0, 0.05) is 10.2 Å². The number of hydrogen-bond donors (Lipinski definition) is 0. The maximum atomic E-state index is 3.70. The Morgan fingerprint density at radius 1 is 1.25 bits per heavy atom. The van der Waals surface area contributed by atoms with Gasteiger partial charge in [-0.05, 0) is 31.6 Å². The quantitative estimate of drug-likeness (QED) is 0.554. The molecule has 1 aliphatic rings. The lowest BCUT2D eigenvalue weighted by Gasteiger charge is -2.33. The molecular weight excluding hydrogens is 416 g/mol. The summed E-state index contributed by atoms with van der Waals surface area (Å²) in [5.41, 5.74) is 0. The Balaban J connectivity index is 2.36. The summed E-state index contributed by atoms with van der Waals surface area (Å²) < 4.78 is 0.232. The summed E-state index contributed by atoms with van der Waals surface area (Å²) in [6.07, 6.45) is 5.07. The van der Waals surface area contributed by atoms with Crippen LogP contribution < -0.4 is 0 Å². The highest BCUT2D eigenvalue weighted by molar-refractivity contribution is 9.25. The minimum Gasteiger partial charge on any atom is -0.0916 e. The predicted octanol–water partition coefficient (Wildman–Crippen LogP) is 4.82. The van der Waals surface area contributed by atoms with E-state index in [0.29, 0.717) is 4.83 Å².